The van der Waals surface area contributed by atoms with Crippen molar-refractivity contribution in [3.05, 3.63) is 12.6 Å². The molecule has 0 aromatic carbocycles. The topological polar surface area (TPSA) is 0 Å². The third-order valence-corrected chi connectivity index (χ3v) is 7.22. The molecule has 0 radical (unpaired) electrons. The van der Waals surface area contributed by atoms with E-state index < -0.39 is 26.0 Å². The van der Waals surface area contributed by atoms with Crippen molar-refractivity contribution < 1.29 is 6.85 Å². The smallest absolute Gasteiger partial charge is 0.0771 e. The van der Waals surface area contributed by atoms with Gasteiger partial charge in [0.05, 0.1) is 31.5 Å². The maximum atomic E-state index is 8.53. The number of allylic oxidation sites excluding steroid dienone is 1. The highest BCUT2D eigenvalue weighted by molar-refractivity contribution is 7.76. The Morgan fingerprint density at radius 3 is 1.81 bits per heavy atom. The predicted octanol–water partition coefficient (Wildman–Crippen LogP) is 5.59. The molecule has 0 atom stereocenters. The van der Waals surface area contributed by atoms with Crippen LogP contribution in [-0.2, 0) is 0 Å². The van der Waals surface area contributed by atoms with Crippen LogP contribution in [0.4, 0.5) is 0 Å². The first-order valence-corrected chi connectivity index (χ1v) is 9.14. The lowest BCUT2D eigenvalue weighted by molar-refractivity contribution is 0.836. The van der Waals surface area contributed by atoms with Gasteiger partial charge in [-0.15, -0.1) is 0 Å². The molecule has 96 valence electrons. The second-order valence-electron chi connectivity index (χ2n) is 4.61. The van der Waals surface area contributed by atoms with Crippen LogP contribution in [0.5, 0.6) is 0 Å². The molecule has 1 heteroatoms. The maximum absolute atomic E-state index is 8.53. The molecule has 0 saturated heterocycles. The Hall–Kier alpha value is 0.170. The summed E-state index contributed by atoms with van der Waals surface area (Å²) in [5.41, 5.74) is 0. The zero-order valence-electron chi connectivity index (χ0n) is 16.3. The average molecular weight is 248 g/mol. The van der Waals surface area contributed by atoms with Gasteiger partial charge in [-0.3, -0.25) is 0 Å². The van der Waals surface area contributed by atoms with Crippen LogP contribution in [0.25, 0.3) is 0 Å². The van der Waals surface area contributed by atoms with E-state index in [4.69, 9.17) is 6.85 Å². The van der Waals surface area contributed by atoms with Gasteiger partial charge in [0.1, 0.15) is 0 Å². The Bertz CT molecular complexity index is 302. The van der Waals surface area contributed by atoms with Crippen LogP contribution in [0.15, 0.2) is 12.6 Å². The van der Waals surface area contributed by atoms with Crippen LogP contribution in [0.3, 0.4) is 0 Å². The van der Waals surface area contributed by atoms with Gasteiger partial charge >= 0.3 is 0 Å². The van der Waals surface area contributed by atoms with Crippen molar-refractivity contribution in [2.75, 3.05) is 24.6 Å². The monoisotopic (exact) mass is 248 g/mol. The highest BCUT2D eigenvalue weighted by Crippen LogP contribution is 2.60. The molecule has 16 heavy (non-hydrogen) atoms. The van der Waals surface area contributed by atoms with E-state index in [1.54, 1.807) is 0 Å². The third kappa shape index (κ3) is 6.69. The van der Waals surface area contributed by atoms with Gasteiger partial charge in [0.2, 0.25) is 0 Å². The molecule has 0 saturated carbocycles. The molecule has 0 fully saturated rings. The minimum Gasteiger partial charge on any atom is -0.0995 e. The molecule has 0 aliphatic rings. The zero-order valence-corrected chi connectivity index (χ0v) is 12.2. The fraction of sp³-hybridized carbons (Fsp3) is 0.867. The SMILES string of the molecule is [2H]C([2H])=C([2H])C([2H])([2H])[P+](CCCC)(CCCC)CCCC. The number of unbranched alkanes of at least 4 members (excludes halogenated alkanes) is 3. The Balaban J connectivity index is 5.62. The van der Waals surface area contributed by atoms with Crippen molar-refractivity contribution in [2.45, 2.75) is 59.3 Å². The van der Waals surface area contributed by atoms with E-state index in [1.165, 1.54) is 0 Å². The molecule has 0 unspecified atom stereocenters. The third-order valence-electron chi connectivity index (χ3n) is 3.11. The van der Waals surface area contributed by atoms with Crippen LogP contribution in [0, 0.1) is 0 Å². The van der Waals surface area contributed by atoms with E-state index in [0.717, 1.165) is 57.0 Å². The minimum atomic E-state index is -2.01. The van der Waals surface area contributed by atoms with Crippen LogP contribution in [0.1, 0.15) is 66.1 Å². The van der Waals surface area contributed by atoms with Crippen molar-refractivity contribution in [1.29, 1.82) is 0 Å². The molecule has 0 spiro atoms. The minimum absolute atomic E-state index is 0.404. The normalized spacial score (nSPS) is 16.8. The summed E-state index contributed by atoms with van der Waals surface area (Å²) in [4.78, 5) is 0. The van der Waals surface area contributed by atoms with Crippen LogP contribution in [-0.4, -0.2) is 24.6 Å². The summed E-state index contributed by atoms with van der Waals surface area (Å²) in [6, 6.07) is -0.404. The van der Waals surface area contributed by atoms with Gasteiger partial charge in [-0.25, -0.2) is 0 Å². The molecular weight excluding hydrogens is 211 g/mol. The first-order valence-electron chi connectivity index (χ1n) is 9.29. The lowest BCUT2D eigenvalue weighted by Crippen LogP contribution is -2.11. The quantitative estimate of drug-likeness (QED) is 0.330. The van der Waals surface area contributed by atoms with E-state index >= 15 is 0 Å². The Morgan fingerprint density at radius 2 is 1.50 bits per heavy atom. The van der Waals surface area contributed by atoms with Crippen LogP contribution >= 0.6 is 7.26 Å². The van der Waals surface area contributed by atoms with Gasteiger partial charge in [-0.1, -0.05) is 52.6 Å². The Morgan fingerprint density at radius 1 is 1.06 bits per heavy atom. The van der Waals surface area contributed by atoms with Gasteiger partial charge in [0, 0.05) is 7.26 Å². The van der Waals surface area contributed by atoms with Crippen LogP contribution in [0.2, 0.25) is 0 Å². The maximum Gasteiger partial charge on any atom is 0.0771 e. The Kier molecular flexibility index (Phi) is 5.91. The van der Waals surface area contributed by atoms with E-state index in [2.05, 4.69) is 20.8 Å². The van der Waals surface area contributed by atoms with Crippen LogP contribution < -0.4 is 0 Å². The molecule has 0 bridgehead atoms. The number of hydrogen-bond acceptors (Lipinski definition) is 0. The molecule has 0 rings (SSSR count). The van der Waals surface area contributed by atoms with Crippen molar-refractivity contribution in [2.24, 2.45) is 0 Å². The molecule has 0 nitrogen and oxygen atoms in total. The zero-order chi connectivity index (χ0) is 16.5. The molecule has 0 aromatic rings. The lowest BCUT2D eigenvalue weighted by atomic mass is 10.4. The second-order valence-corrected chi connectivity index (χ2v) is 8.47. The van der Waals surface area contributed by atoms with Crippen molar-refractivity contribution in [3.63, 3.8) is 0 Å². The summed E-state index contributed by atoms with van der Waals surface area (Å²) in [5, 5.41) is 0. The first kappa shape index (κ1) is 9.15. The summed E-state index contributed by atoms with van der Waals surface area (Å²) in [7, 11) is -2.01. The summed E-state index contributed by atoms with van der Waals surface area (Å²) >= 11 is 0. The van der Waals surface area contributed by atoms with Crippen molar-refractivity contribution >= 4 is 7.26 Å². The highest BCUT2D eigenvalue weighted by atomic mass is 31.2. The summed E-state index contributed by atoms with van der Waals surface area (Å²) in [6.45, 7) is 5.68. The fourth-order valence-corrected chi connectivity index (χ4v) is 6.01. The second kappa shape index (κ2) is 10.3. The largest absolute Gasteiger partial charge is 0.0995 e. The highest BCUT2D eigenvalue weighted by Gasteiger charge is 2.33. The molecule has 0 aromatic heterocycles. The molecule has 0 heterocycles. The Labute approximate surface area is 111 Å². The average Bonchev–Trinajstić information content (AvgIpc) is 2.45. The van der Waals surface area contributed by atoms with Gasteiger partial charge in [-0.2, -0.15) is 0 Å². The summed E-state index contributed by atoms with van der Waals surface area (Å²) in [5.74, 6) is 0. The van der Waals surface area contributed by atoms with E-state index in [-0.39, 0.29) is 0 Å². The lowest BCUT2D eigenvalue weighted by Gasteiger charge is -2.26. The predicted molar refractivity (Wildman–Crippen MR) is 81.3 cm³/mol. The summed E-state index contributed by atoms with van der Waals surface area (Å²) in [6.07, 6.45) is 6.83. The number of rotatable bonds is 11. The standard InChI is InChI=1S/C15H32P/c1-5-9-13-16(12-8-4,14-10-6-2)15-11-7-3/h8H,4-7,9-15H2,1-3H3/q+1/i4D2,8D,12D2. The first-order chi connectivity index (χ1) is 9.79. The molecule has 0 N–H and O–H groups in total. The van der Waals surface area contributed by atoms with Gasteiger partial charge < -0.3 is 0 Å². The van der Waals surface area contributed by atoms with E-state index in [9.17, 15) is 0 Å². The van der Waals surface area contributed by atoms with Gasteiger partial charge in [0.15, 0.2) is 0 Å². The van der Waals surface area contributed by atoms with E-state index in [1.807, 2.05) is 0 Å². The van der Waals surface area contributed by atoms with Crippen molar-refractivity contribution in [3.8, 4) is 0 Å². The molecular formula is C15H32P+. The van der Waals surface area contributed by atoms with E-state index in [0.29, 0.717) is 0 Å². The molecule has 0 aliphatic carbocycles. The van der Waals surface area contributed by atoms with Gasteiger partial charge in [-0.05, 0) is 19.3 Å². The van der Waals surface area contributed by atoms with Gasteiger partial charge in [0.25, 0.3) is 0 Å². The molecule has 0 amide bonds. The summed E-state index contributed by atoms with van der Waals surface area (Å²) < 4.78 is 39.8. The van der Waals surface area contributed by atoms with Crippen molar-refractivity contribution in [1.82, 2.24) is 0 Å². The molecule has 0 aliphatic heterocycles. The fourth-order valence-electron chi connectivity index (χ4n) is 2.00. The number of hydrogen-bond donors (Lipinski definition) is 0.